The van der Waals surface area contributed by atoms with Gasteiger partial charge >= 0.3 is 0 Å². The molecule has 0 aliphatic heterocycles. The van der Waals surface area contributed by atoms with Gasteiger partial charge in [-0.15, -0.1) is 10.2 Å². The highest BCUT2D eigenvalue weighted by molar-refractivity contribution is 8.00. The topological polar surface area (TPSA) is 95.1 Å². The Morgan fingerprint density at radius 1 is 1.28 bits per heavy atom. The minimum absolute atomic E-state index is 0.0361. The smallest absolute Gasteiger partial charge is 0.237 e. The first kappa shape index (κ1) is 21.2. The van der Waals surface area contributed by atoms with Crippen LogP contribution >= 0.6 is 35.0 Å². The van der Waals surface area contributed by atoms with Crippen LogP contribution in [-0.4, -0.2) is 26.0 Å². The molecule has 0 bridgehead atoms. The van der Waals surface area contributed by atoms with Gasteiger partial charge < -0.3 is 15.9 Å². The Kier molecular flexibility index (Phi) is 6.83. The van der Waals surface area contributed by atoms with Gasteiger partial charge in [-0.2, -0.15) is 0 Å². The molecule has 7 nitrogen and oxygen atoms in total. The molecule has 11 heteroatoms. The summed E-state index contributed by atoms with van der Waals surface area (Å²) in [6, 6.07) is 10.5. The molecule has 152 valence electrons. The van der Waals surface area contributed by atoms with E-state index in [1.807, 2.05) is 0 Å². The third kappa shape index (κ3) is 5.31. The molecule has 0 saturated carbocycles. The van der Waals surface area contributed by atoms with Crippen LogP contribution in [0.1, 0.15) is 12.7 Å². The summed E-state index contributed by atoms with van der Waals surface area (Å²) in [5.41, 5.74) is 0.416. The number of hydrogen-bond acceptors (Lipinski definition) is 6. The molecule has 1 amide bonds. The average molecular weight is 456 g/mol. The molecular formula is C18H16Cl2FN5O2S. The van der Waals surface area contributed by atoms with Gasteiger partial charge in [0.1, 0.15) is 18.2 Å². The zero-order chi connectivity index (χ0) is 21.0. The van der Waals surface area contributed by atoms with Gasteiger partial charge in [0.15, 0.2) is 5.82 Å². The summed E-state index contributed by atoms with van der Waals surface area (Å²) >= 11 is 13.2. The van der Waals surface area contributed by atoms with Gasteiger partial charge in [0.25, 0.3) is 0 Å². The molecule has 1 aromatic heterocycles. The summed E-state index contributed by atoms with van der Waals surface area (Å²) in [5, 5.41) is 11.1. The predicted octanol–water partition coefficient (Wildman–Crippen LogP) is 4.14. The van der Waals surface area contributed by atoms with E-state index in [9.17, 15) is 9.18 Å². The number of carbonyl (C=O) groups is 1. The standard InChI is InChI=1S/C18H16Cl2FN5O2S/c1-10(17(27)23-14-4-2-3-13(19)16(14)20)29-18-25-24-15(26(18)22)9-28-12-7-5-11(21)6-8-12/h2-8,10H,9,22H2,1H3,(H,23,27). The SMILES string of the molecule is CC(Sc1nnc(COc2ccc(F)cc2)n1N)C(=O)Nc1cccc(Cl)c1Cl. The van der Waals surface area contributed by atoms with Gasteiger partial charge in [-0.3, -0.25) is 4.79 Å². The van der Waals surface area contributed by atoms with Crippen molar-refractivity contribution in [1.29, 1.82) is 0 Å². The van der Waals surface area contributed by atoms with Gasteiger partial charge in [0.05, 0.1) is 21.0 Å². The van der Waals surface area contributed by atoms with E-state index in [0.29, 0.717) is 27.4 Å². The number of ether oxygens (including phenoxy) is 1. The van der Waals surface area contributed by atoms with Crippen molar-refractivity contribution in [3.05, 3.63) is 64.2 Å². The molecule has 3 N–H and O–H groups in total. The van der Waals surface area contributed by atoms with E-state index < -0.39 is 5.25 Å². The fraction of sp³-hybridized carbons (Fsp3) is 0.167. The van der Waals surface area contributed by atoms with E-state index in [4.69, 9.17) is 33.8 Å². The van der Waals surface area contributed by atoms with Gasteiger partial charge in [-0.05, 0) is 43.3 Å². The summed E-state index contributed by atoms with van der Waals surface area (Å²) in [7, 11) is 0. The van der Waals surface area contributed by atoms with Crippen molar-refractivity contribution in [3.63, 3.8) is 0 Å². The highest BCUT2D eigenvalue weighted by Crippen LogP contribution is 2.30. The van der Waals surface area contributed by atoms with Crippen molar-refractivity contribution in [3.8, 4) is 5.75 Å². The number of nitrogens with one attached hydrogen (secondary N) is 1. The predicted molar refractivity (Wildman–Crippen MR) is 111 cm³/mol. The number of amides is 1. The lowest BCUT2D eigenvalue weighted by Crippen LogP contribution is -2.24. The van der Waals surface area contributed by atoms with Crippen LogP contribution in [0.15, 0.2) is 47.6 Å². The summed E-state index contributed by atoms with van der Waals surface area (Å²) in [6.45, 7) is 1.73. The largest absolute Gasteiger partial charge is 0.486 e. The Morgan fingerprint density at radius 3 is 2.72 bits per heavy atom. The monoisotopic (exact) mass is 455 g/mol. The van der Waals surface area contributed by atoms with Crippen LogP contribution < -0.4 is 15.9 Å². The number of anilines is 1. The van der Waals surface area contributed by atoms with Gasteiger partial charge in [-0.1, -0.05) is 41.0 Å². The van der Waals surface area contributed by atoms with Crippen molar-refractivity contribution in [2.45, 2.75) is 23.9 Å². The summed E-state index contributed by atoms with van der Waals surface area (Å²) in [4.78, 5) is 12.4. The molecule has 0 spiro atoms. The van der Waals surface area contributed by atoms with Crippen molar-refractivity contribution < 1.29 is 13.9 Å². The summed E-state index contributed by atoms with van der Waals surface area (Å²) < 4.78 is 19.7. The molecule has 0 radical (unpaired) electrons. The van der Waals surface area contributed by atoms with Crippen LogP contribution in [0.3, 0.4) is 0 Å². The third-order valence-corrected chi connectivity index (χ3v) is 5.65. The molecule has 3 aromatic rings. The first-order chi connectivity index (χ1) is 13.8. The van der Waals surface area contributed by atoms with Crippen LogP contribution in [0, 0.1) is 5.82 Å². The number of nitrogen functional groups attached to an aromatic ring is 1. The number of thioether (sulfide) groups is 1. The van der Waals surface area contributed by atoms with Gasteiger partial charge in [0, 0.05) is 0 Å². The Balaban J connectivity index is 1.60. The Hall–Kier alpha value is -2.49. The van der Waals surface area contributed by atoms with E-state index >= 15 is 0 Å². The third-order valence-electron chi connectivity index (χ3n) is 3.78. The molecule has 0 fully saturated rings. The second kappa shape index (κ2) is 9.34. The molecule has 2 aromatic carbocycles. The minimum atomic E-state index is -0.539. The fourth-order valence-electron chi connectivity index (χ4n) is 2.21. The van der Waals surface area contributed by atoms with Crippen LogP contribution in [-0.2, 0) is 11.4 Å². The Morgan fingerprint density at radius 2 is 2.00 bits per heavy atom. The number of nitrogens with two attached hydrogens (primary N) is 1. The van der Waals surface area contributed by atoms with Crippen molar-refractivity contribution in [1.82, 2.24) is 14.9 Å². The lowest BCUT2D eigenvalue weighted by molar-refractivity contribution is -0.115. The number of rotatable bonds is 7. The molecule has 0 aliphatic rings. The number of nitrogens with zero attached hydrogens (tertiary/aromatic N) is 3. The molecule has 1 atom stereocenters. The van der Waals surface area contributed by atoms with E-state index in [1.165, 1.54) is 28.9 Å². The molecular weight excluding hydrogens is 440 g/mol. The van der Waals surface area contributed by atoms with Crippen LogP contribution in [0.2, 0.25) is 10.0 Å². The molecule has 3 rings (SSSR count). The fourth-order valence-corrected chi connectivity index (χ4v) is 3.35. The second-order valence-corrected chi connectivity index (χ2v) is 7.96. The maximum Gasteiger partial charge on any atom is 0.237 e. The molecule has 1 unspecified atom stereocenters. The number of hydrogen-bond donors (Lipinski definition) is 2. The number of aromatic nitrogens is 3. The average Bonchev–Trinajstić information content (AvgIpc) is 3.04. The van der Waals surface area contributed by atoms with Crippen molar-refractivity contribution in [2.75, 3.05) is 11.2 Å². The molecule has 29 heavy (non-hydrogen) atoms. The van der Waals surface area contributed by atoms with Crippen LogP contribution in [0.4, 0.5) is 10.1 Å². The summed E-state index contributed by atoms with van der Waals surface area (Å²) in [6.07, 6.45) is 0. The van der Waals surface area contributed by atoms with E-state index in [2.05, 4.69) is 15.5 Å². The quantitative estimate of drug-likeness (QED) is 0.410. The zero-order valence-electron chi connectivity index (χ0n) is 15.1. The molecule has 1 heterocycles. The highest BCUT2D eigenvalue weighted by Gasteiger charge is 2.20. The summed E-state index contributed by atoms with van der Waals surface area (Å²) in [5.74, 6) is 6.16. The maximum atomic E-state index is 12.9. The number of carbonyl (C=O) groups excluding carboxylic acids is 1. The van der Waals surface area contributed by atoms with E-state index in [0.717, 1.165) is 11.8 Å². The first-order valence-corrected chi connectivity index (χ1v) is 9.98. The molecule has 0 aliphatic carbocycles. The van der Waals surface area contributed by atoms with E-state index in [1.54, 1.807) is 25.1 Å². The zero-order valence-corrected chi connectivity index (χ0v) is 17.4. The number of benzene rings is 2. The Labute approximate surface area is 180 Å². The minimum Gasteiger partial charge on any atom is -0.486 e. The van der Waals surface area contributed by atoms with Crippen molar-refractivity contribution in [2.24, 2.45) is 0 Å². The first-order valence-electron chi connectivity index (χ1n) is 8.34. The molecule has 0 saturated heterocycles. The number of halogens is 3. The lowest BCUT2D eigenvalue weighted by atomic mass is 10.3. The normalized spacial score (nSPS) is 11.9. The second-order valence-electron chi connectivity index (χ2n) is 5.86. The van der Waals surface area contributed by atoms with E-state index in [-0.39, 0.29) is 23.4 Å². The van der Waals surface area contributed by atoms with Gasteiger partial charge in [-0.25, -0.2) is 9.07 Å². The van der Waals surface area contributed by atoms with Crippen molar-refractivity contribution >= 4 is 46.6 Å². The highest BCUT2D eigenvalue weighted by atomic mass is 35.5. The maximum absolute atomic E-state index is 12.9. The van der Waals surface area contributed by atoms with Crippen LogP contribution in [0.5, 0.6) is 5.75 Å². The lowest BCUT2D eigenvalue weighted by Gasteiger charge is -2.13. The van der Waals surface area contributed by atoms with Gasteiger partial charge in [0.2, 0.25) is 11.1 Å². The van der Waals surface area contributed by atoms with Crippen LogP contribution in [0.25, 0.3) is 0 Å². The Bertz CT molecular complexity index is 1020.